The van der Waals surface area contributed by atoms with E-state index in [0.717, 1.165) is 0 Å². The van der Waals surface area contributed by atoms with E-state index in [2.05, 4.69) is 5.32 Å². The fourth-order valence-electron chi connectivity index (χ4n) is 2.58. The fraction of sp³-hybridized carbons (Fsp3) is 0.136. The molecule has 0 aliphatic rings. The third-order valence-corrected chi connectivity index (χ3v) is 3.86. The molecule has 6 nitrogen and oxygen atoms in total. The first-order valence-corrected chi connectivity index (χ1v) is 8.67. The van der Waals surface area contributed by atoms with E-state index < -0.39 is 0 Å². The second-order valence-electron chi connectivity index (χ2n) is 5.74. The summed E-state index contributed by atoms with van der Waals surface area (Å²) in [6.07, 6.45) is 0. The molecule has 1 amide bonds. The predicted molar refractivity (Wildman–Crippen MR) is 107 cm³/mol. The lowest BCUT2D eigenvalue weighted by atomic mass is 10.3. The van der Waals surface area contributed by atoms with Gasteiger partial charge < -0.3 is 24.3 Å². The number of nitrogens with one attached hydrogen (secondary N) is 1. The fourth-order valence-corrected chi connectivity index (χ4v) is 2.58. The number of ether oxygens (including phenoxy) is 4. The van der Waals surface area contributed by atoms with E-state index in [0.29, 0.717) is 34.4 Å². The quantitative estimate of drug-likeness (QED) is 0.624. The number of carbonyl (C=O) groups is 1. The van der Waals surface area contributed by atoms with Gasteiger partial charge in [0.15, 0.2) is 23.9 Å². The van der Waals surface area contributed by atoms with Crippen molar-refractivity contribution in [1.82, 2.24) is 0 Å². The third-order valence-electron chi connectivity index (χ3n) is 3.86. The third kappa shape index (κ3) is 4.73. The molecule has 0 saturated heterocycles. The van der Waals surface area contributed by atoms with Gasteiger partial charge in [0.1, 0.15) is 5.75 Å². The van der Waals surface area contributed by atoms with Crippen LogP contribution in [0, 0.1) is 0 Å². The minimum absolute atomic E-state index is 0.191. The highest BCUT2D eigenvalue weighted by Crippen LogP contribution is 2.36. The maximum Gasteiger partial charge on any atom is 0.262 e. The first kappa shape index (κ1) is 19.1. The van der Waals surface area contributed by atoms with Crippen molar-refractivity contribution in [2.24, 2.45) is 0 Å². The molecule has 3 rings (SSSR count). The van der Waals surface area contributed by atoms with Gasteiger partial charge in [0, 0.05) is 0 Å². The smallest absolute Gasteiger partial charge is 0.262 e. The highest BCUT2D eigenvalue weighted by molar-refractivity contribution is 5.93. The molecule has 0 fully saturated rings. The number of hydrogen-bond acceptors (Lipinski definition) is 5. The number of rotatable bonds is 8. The number of amides is 1. The lowest BCUT2D eigenvalue weighted by molar-refractivity contribution is -0.118. The van der Waals surface area contributed by atoms with Crippen LogP contribution >= 0.6 is 0 Å². The Morgan fingerprint density at radius 2 is 1.46 bits per heavy atom. The molecular weight excluding hydrogens is 358 g/mol. The van der Waals surface area contributed by atoms with Gasteiger partial charge in [-0.2, -0.15) is 0 Å². The van der Waals surface area contributed by atoms with E-state index in [1.54, 1.807) is 30.3 Å². The summed E-state index contributed by atoms with van der Waals surface area (Å²) in [6.45, 7) is -0.191. The van der Waals surface area contributed by atoms with Crippen LogP contribution < -0.4 is 24.3 Å². The van der Waals surface area contributed by atoms with Crippen molar-refractivity contribution in [3.05, 3.63) is 72.8 Å². The summed E-state index contributed by atoms with van der Waals surface area (Å²) in [4.78, 5) is 12.4. The number of hydrogen-bond donors (Lipinski definition) is 1. The Morgan fingerprint density at radius 1 is 0.786 bits per heavy atom. The molecule has 3 aromatic rings. The Morgan fingerprint density at radius 3 is 2.21 bits per heavy atom. The average molecular weight is 379 g/mol. The van der Waals surface area contributed by atoms with Crippen LogP contribution in [0.15, 0.2) is 72.8 Å². The number of carbonyl (C=O) groups excluding carboxylic acids is 1. The highest BCUT2D eigenvalue weighted by atomic mass is 16.5. The maximum absolute atomic E-state index is 12.4. The average Bonchev–Trinajstić information content (AvgIpc) is 2.74. The van der Waals surface area contributed by atoms with Gasteiger partial charge >= 0.3 is 0 Å². The lowest BCUT2D eigenvalue weighted by Gasteiger charge is -2.14. The number of anilines is 1. The molecule has 0 unspecified atom stereocenters. The maximum atomic E-state index is 12.4. The predicted octanol–water partition coefficient (Wildman–Crippen LogP) is 4.51. The molecule has 1 N–H and O–H groups in total. The van der Waals surface area contributed by atoms with Crippen molar-refractivity contribution < 1.29 is 23.7 Å². The van der Waals surface area contributed by atoms with Gasteiger partial charge in [-0.15, -0.1) is 0 Å². The summed E-state index contributed by atoms with van der Waals surface area (Å²) in [5.74, 6) is 2.29. The van der Waals surface area contributed by atoms with Crippen LogP contribution in [0.2, 0.25) is 0 Å². The summed E-state index contributed by atoms with van der Waals surface area (Å²) in [7, 11) is 3.06. The van der Waals surface area contributed by atoms with Gasteiger partial charge in [0.2, 0.25) is 5.75 Å². The molecule has 0 heterocycles. The molecule has 0 aliphatic heterocycles. The highest BCUT2D eigenvalue weighted by Gasteiger charge is 2.13. The topological polar surface area (TPSA) is 66.0 Å². The molecule has 0 aromatic heterocycles. The van der Waals surface area contributed by atoms with Gasteiger partial charge in [0.25, 0.3) is 5.91 Å². The van der Waals surface area contributed by atoms with Crippen molar-refractivity contribution in [3.8, 4) is 28.7 Å². The van der Waals surface area contributed by atoms with E-state index in [1.807, 2.05) is 42.5 Å². The second-order valence-corrected chi connectivity index (χ2v) is 5.74. The number of benzene rings is 3. The first-order chi connectivity index (χ1) is 13.7. The van der Waals surface area contributed by atoms with E-state index >= 15 is 0 Å². The van der Waals surface area contributed by atoms with E-state index in [4.69, 9.17) is 18.9 Å². The minimum Gasteiger partial charge on any atom is -0.493 e. The van der Waals surface area contributed by atoms with Crippen molar-refractivity contribution in [2.45, 2.75) is 0 Å². The van der Waals surface area contributed by atoms with Crippen molar-refractivity contribution in [3.63, 3.8) is 0 Å². The zero-order valence-electron chi connectivity index (χ0n) is 15.7. The molecule has 144 valence electrons. The lowest BCUT2D eigenvalue weighted by Crippen LogP contribution is -2.20. The molecule has 0 atom stereocenters. The molecule has 3 aromatic carbocycles. The van der Waals surface area contributed by atoms with Crippen molar-refractivity contribution in [1.29, 1.82) is 0 Å². The van der Waals surface area contributed by atoms with Crippen LogP contribution in [-0.4, -0.2) is 26.7 Å². The minimum atomic E-state index is -0.325. The van der Waals surface area contributed by atoms with Gasteiger partial charge in [-0.1, -0.05) is 36.4 Å². The van der Waals surface area contributed by atoms with Crippen LogP contribution in [0.4, 0.5) is 5.69 Å². The monoisotopic (exact) mass is 379 g/mol. The number of methoxy groups -OCH3 is 2. The van der Waals surface area contributed by atoms with Crippen LogP contribution in [0.1, 0.15) is 0 Å². The van der Waals surface area contributed by atoms with E-state index in [1.165, 1.54) is 14.2 Å². The molecule has 0 aliphatic carbocycles. The zero-order chi connectivity index (χ0) is 19.8. The van der Waals surface area contributed by atoms with E-state index in [9.17, 15) is 4.79 Å². The summed E-state index contributed by atoms with van der Waals surface area (Å²) < 4.78 is 22.0. The molecule has 0 spiro atoms. The largest absolute Gasteiger partial charge is 0.493 e. The van der Waals surface area contributed by atoms with Gasteiger partial charge in [0.05, 0.1) is 19.9 Å². The van der Waals surface area contributed by atoms with Crippen molar-refractivity contribution >= 4 is 11.6 Å². The van der Waals surface area contributed by atoms with Crippen LogP contribution in [0.25, 0.3) is 0 Å². The van der Waals surface area contributed by atoms with E-state index in [-0.39, 0.29) is 12.5 Å². The SMILES string of the molecule is COc1cccc(OCC(=O)Nc2ccccc2Oc2ccccc2)c1OC. The Kier molecular flexibility index (Phi) is 6.36. The molecular formula is C22H21NO5. The van der Waals surface area contributed by atoms with Gasteiger partial charge in [-0.3, -0.25) is 4.79 Å². The molecule has 0 saturated carbocycles. The molecule has 6 heteroatoms. The Bertz CT molecular complexity index is 927. The normalized spacial score (nSPS) is 10.1. The van der Waals surface area contributed by atoms with Crippen LogP contribution in [0.3, 0.4) is 0 Å². The number of para-hydroxylation sites is 4. The summed E-state index contributed by atoms with van der Waals surface area (Å²) in [6, 6.07) is 21.8. The Hall–Kier alpha value is -3.67. The molecule has 0 radical (unpaired) electrons. The summed E-state index contributed by atoms with van der Waals surface area (Å²) in [5.41, 5.74) is 0.553. The van der Waals surface area contributed by atoms with Crippen LogP contribution in [0.5, 0.6) is 28.7 Å². The second kappa shape index (κ2) is 9.32. The van der Waals surface area contributed by atoms with Crippen molar-refractivity contribution in [2.75, 3.05) is 26.1 Å². The Balaban J connectivity index is 1.66. The first-order valence-electron chi connectivity index (χ1n) is 8.67. The molecule has 28 heavy (non-hydrogen) atoms. The standard InChI is InChI=1S/C22H21NO5/c1-25-19-13-8-14-20(22(19)26-2)27-15-21(24)23-17-11-6-7-12-18(17)28-16-9-4-3-5-10-16/h3-14H,15H2,1-2H3,(H,23,24). The van der Waals surface area contributed by atoms with Crippen LogP contribution in [-0.2, 0) is 4.79 Å². The summed E-state index contributed by atoms with van der Waals surface area (Å²) in [5, 5.41) is 2.81. The van der Waals surface area contributed by atoms with Gasteiger partial charge in [-0.05, 0) is 36.4 Å². The van der Waals surface area contributed by atoms with Gasteiger partial charge in [-0.25, -0.2) is 0 Å². The summed E-state index contributed by atoms with van der Waals surface area (Å²) >= 11 is 0. The zero-order valence-corrected chi connectivity index (χ0v) is 15.7. The molecule has 0 bridgehead atoms. The Labute approximate surface area is 163 Å².